The van der Waals surface area contributed by atoms with E-state index in [9.17, 15) is 9.59 Å². The predicted octanol–water partition coefficient (Wildman–Crippen LogP) is 7.09. The van der Waals surface area contributed by atoms with Crippen molar-refractivity contribution >= 4 is 22.6 Å². The molecule has 1 amide bonds. The van der Waals surface area contributed by atoms with Crippen LogP contribution >= 0.6 is 0 Å². The van der Waals surface area contributed by atoms with Crippen LogP contribution in [0.5, 0.6) is 5.75 Å². The molecule has 2 saturated carbocycles. The molecule has 1 heterocycles. The summed E-state index contributed by atoms with van der Waals surface area (Å²) in [4.78, 5) is 30.9. The molecule has 216 valence electrons. The first-order chi connectivity index (χ1) is 19.8. The Bertz CT molecular complexity index is 1410. The van der Waals surface area contributed by atoms with E-state index in [4.69, 9.17) is 4.74 Å². The van der Waals surface area contributed by atoms with Gasteiger partial charge in [0.15, 0.2) is 0 Å². The summed E-state index contributed by atoms with van der Waals surface area (Å²) < 4.78 is 5.55. The number of likely N-dealkylation sites (tertiary alicyclic amines) is 1. The Morgan fingerprint density at radius 2 is 1.78 bits per heavy atom. The molecule has 0 radical (unpaired) electrons. The Labute approximate surface area is 244 Å². The summed E-state index contributed by atoms with van der Waals surface area (Å²) in [5.74, 6) is 2.25. The minimum atomic E-state index is -0.291. The second kappa shape index (κ2) is 11.6. The van der Waals surface area contributed by atoms with Crippen LogP contribution in [0.1, 0.15) is 75.2 Å². The maximum Gasteiger partial charge on any atom is 0.308 e. The van der Waals surface area contributed by atoms with Crippen LogP contribution in [0.3, 0.4) is 0 Å². The first-order valence-electron chi connectivity index (χ1n) is 15.6. The summed E-state index contributed by atoms with van der Waals surface area (Å²) in [7, 11) is 0. The van der Waals surface area contributed by atoms with Gasteiger partial charge < -0.3 is 14.5 Å². The standard InChI is InChI=1S/C36H44N2O3/c1-25(2)22-38(35(40)30-14-13-28-7-4-5-8-29(28)19-30)33-16-15-32-24-37(23-27-11-12-27)18-17-36(32,21-33)31-9-6-10-34(20-31)41-26(3)39/h4-10,13-14,19-20,25,27,32-33H,11-12,15-18,21-24H2,1-3H3/t32-,33-,36+/m1/s1. The van der Waals surface area contributed by atoms with Gasteiger partial charge in [0.05, 0.1) is 0 Å². The van der Waals surface area contributed by atoms with Gasteiger partial charge >= 0.3 is 5.97 Å². The number of hydrogen-bond donors (Lipinski definition) is 0. The van der Waals surface area contributed by atoms with Gasteiger partial charge in [-0.3, -0.25) is 9.59 Å². The lowest BCUT2D eigenvalue weighted by Crippen LogP contribution is -2.57. The van der Waals surface area contributed by atoms with E-state index in [-0.39, 0.29) is 23.3 Å². The number of hydrogen-bond acceptors (Lipinski definition) is 4. The van der Waals surface area contributed by atoms with Crippen molar-refractivity contribution in [2.45, 2.75) is 70.8 Å². The number of esters is 1. The van der Waals surface area contributed by atoms with E-state index in [2.05, 4.69) is 60.0 Å². The van der Waals surface area contributed by atoms with Crippen LogP contribution in [-0.4, -0.2) is 53.9 Å². The summed E-state index contributed by atoms with van der Waals surface area (Å²) in [5, 5.41) is 2.26. The van der Waals surface area contributed by atoms with E-state index in [1.807, 2.05) is 30.3 Å². The number of ether oxygens (including phenoxy) is 1. The Morgan fingerprint density at radius 3 is 2.54 bits per heavy atom. The van der Waals surface area contributed by atoms with Crippen LogP contribution in [0.4, 0.5) is 0 Å². The van der Waals surface area contributed by atoms with Crippen LogP contribution in [0.15, 0.2) is 66.7 Å². The second-order valence-corrected chi connectivity index (χ2v) is 13.3. The van der Waals surface area contributed by atoms with Crippen LogP contribution in [-0.2, 0) is 10.2 Å². The summed E-state index contributed by atoms with van der Waals surface area (Å²) >= 11 is 0. The van der Waals surface area contributed by atoms with E-state index < -0.39 is 0 Å². The fourth-order valence-corrected chi connectivity index (χ4v) is 7.60. The lowest BCUT2D eigenvalue weighted by molar-refractivity contribution is -0.131. The first kappa shape index (κ1) is 28.0. The Hall–Kier alpha value is -3.18. The second-order valence-electron chi connectivity index (χ2n) is 13.3. The Morgan fingerprint density at radius 1 is 0.976 bits per heavy atom. The topological polar surface area (TPSA) is 49.9 Å². The average molecular weight is 553 g/mol. The number of amides is 1. The number of benzene rings is 3. The predicted molar refractivity (Wildman–Crippen MR) is 164 cm³/mol. The minimum absolute atomic E-state index is 0.0436. The zero-order valence-electron chi connectivity index (χ0n) is 24.9. The SMILES string of the molecule is CC(=O)Oc1cccc([C@@]23CCN(CC4CC4)C[C@H]2CC[C@@H](N(CC(C)C)C(=O)c2ccc4ccccc4c2)C3)c1. The number of nitrogens with zero attached hydrogens (tertiary/aromatic N) is 2. The van der Waals surface area contributed by atoms with E-state index in [0.29, 0.717) is 17.6 Å². The highest BCUT2D eigenvalue weighted by Crippen LogP contribution is 2.51. The van der Waals surface area contributed by atoms with E-state index >= 15 is 0 Å². The van der Waals surface area contributed by atoms with Crippen molar-refractivity contribution in [3.8, 4) is 5.75 Å². The van der Waals surface area contributed by atoms with Crippen LogP contribution in [0, 0.1) is 17.8 Å². The van der Waals surface area contributed by atoms with Gasteiger partial charge in [-0.15, -0.1) is 0 Å². The van der Waals surface area contributed by atoms with Crippen molar-refractivity contribution in [3.05, 3.63) is 77.9 Å². The van der Waals surface area contributed by atoms with E-state index in [1.165, 1.54) is 31.9 Å². The number of rotatable bonds is 8. The molecule has 0 N–H and O–H groups in total. The van der Waals surface area contributed by atoms with Crippen molar-refractivity contribution < 1.29 is 14.3 Å². The van der Waals surface area contributed by atoms with Crippen molar-refractivity contribution in [2.24, 2.45) is 17.8 Å². The molecule has 5 heteroatoms. The molecule has 2 aliphatic carbocycles. The maximum atomic E-state index is 14.2. The molecule has 1 aliphatic heterocycles. The minimum Gasteiger partial charge on any atom is -0.427 e. The smallest absolute Gasteiger partial charge is 0.308 e. The lowest BCUT2D eigenvalue weighted by Gasteiger charge is -2.55. The molecule has 3 aromatic rings. The molecule has 0 aromatic heterocycles. The quantitative estimate of drug-likeness (QED) is 0.221. The van der Waals surface area contributed by atoms with Crippen molar-refractivity contribution in [1.82, 2.24) is 9.80 Å². The van der Waals surface area contributed by atoms with Gasteiger partial charge in [0.25, 0.3) is 5.91 Å². The fourth-order valence-electron chi connectivity index (χ4n) is 7.60. The lowest BCUT2D eigenvalue weighted by atomic mass is 9.57. The highest BCUT2D eigenvalue weighted by molar-refractivity contribution is 5.98. The molecule has 5 nitrogen and oxygen atoms in total. The molecule has 3 atom stereocenters. The molecule has 0 bridgehead atoms. The third-order valence-corrected chi connectivity index (χ3v) is 9.73. The molecule has 0 unspecified atom stereocenters. The van der Waals surface area contributed by atoms with Crippen molar-refractivity contribution in [3.63, 3.8) is 0 Å². The van der Waals surface area contributed by atoms with E-state index in [1.54, 1.807) is 0 Å². The van der Waals surface area contributed by atoms with Gasteiger partial charge in [0, 0.05) is 43.6 Å². The van der Waals surface area contributed by atoms with Gasteiger partial charge in [-0.1, -0.05) is 56.3 Å². The summed E-state index contributed by atoms with van der Waals surface area (Å²) in [6, 6.07) is 22.8. The monoisotopic (exact) mass is 552 g/mol. The molecule has 0 spiro atoms. The summed E-state index contributed by atoms with van der Waals surface area (Å²) in [6.07, 6.45) is 6.90. The molecule has 3 aromatic carbocycles. The highest BCUT2D eigenvalue weighted by Gasteiger charge is 2.50. The third kappa shape index (κ3) is 6.06. The zero-order chi connectivity index (χ0) is 28.6. The number of fused-ring (bicyclic) bond motifs is 2. The number of piperidine rings is 1. The molecule has 41 heavy (non-hydrogen) atoms. The van der Waals surface area contributed by atoms with Crippen molar-refractivity contribution in [2.75, 3.05) is 26.2 Å². The summed E-state index contributed by atoms with van der Waals surface area (Å²) in [5.41, 5.74) is 1.99. The van der Waals surface area contributed by atoms with Gasteiger partial charge in [-0.25, -0.2) is 0 Å². The van der Waals surface area contributed by atoms with Gasteiger partial charge in [-0.2, -0.15) is 0 Å². The number of carbonyl (C=O) groups excluding carboxylic acids is 2. The molecular weight excluding hydrogens is 508 g/mol. The normalized spacial score (nSPS) is 24.7. The third-order valence-electron chi connectivity index (χ3n) is 9.73. The van der Waals surface area contributed by atoms with Gasteiger partial charge in [0.2, 0.25) is 0 Å². The summed E-state index contributed by atoms with van der Waals surface area (Å²) in [6.45, 7) is 10.1. The highest BCUT2D eigenvalue weighted by atomic mass is 16.5. The maximum absolute atomic E-state index is 14.2. The molecule has 6 rings (SSSR count). The fraction of sp³-hybridized carbons (Fsp3) is 0.500. The zero-order valence-corrected chi connectivity index (χ0v) is 24.9. The largest absolute Gasteiger partial charge is 0.427 e. The van der Waals surface area contributed by atoms with Crippen LogP contribution in [0.25, 0.3) is 10.8 Å². The van der Waals surface area contributed by atoms with Crippen LogP contribution < -0.4 is 4.74 Å². The molecule has 3 aliphatic rings. The van der Waals surface area contributed by atoms with Crippen molar-refractivity contribution in [1.29, 1.82) is 0 Å². The number of carbonyl (C=O) groups is 2. The first-order valence-corrected chi connectivity index (χ1v) is 15.6. The van der Waals surface area contributed by atoms with Gasteiger partial charge in [-0.05, 0) is 103 Å². The van der Waals surface area contributed by atoms with E-state index in [0.717, 1.165) is 67.6 Å². The Balaban J connectivity index is 1.33. The van der Waals surface area contributed by atoms with Gasteiger partial charge in [0.1, 0.15) is 5.75 Å². The average Bonchev–Trinajstić information content (AvgIpc) is 3.79. The molecule has 1 saturated heterocycles. The Kier molecular flexibility index (Phi) is 7.91. The van der Waals surface area contributed by atoms with Crippen LogP contribution in [0.2, 0.25) is 0 Å². The molecular formula is C36H44N2O3. The molecule has 3 fully saturated rings.